The fraction of sp³-hybridized carbons (Fsp3) is 0.889. The Kier molecular flexibility index (Phi) is 6.61. The van der Waals surface area contributed by atoms with E-state index in [4.69, 9.17) is 9.84 Å². The SMILES string of the molecule is CC(C)(C)C(=O)NS(=O)(=O)NCCOCCO. The zero-order valence-corrected chi connectivity index (χ0v) is 11.1. The van der Waals surface area contributed by atoms with Crippen LogP contribution in [0.4, 0.5) is 0 Å². The van der Waals surface area contributed by atoms with E-state index >= 15 is 0 Å². The zero-order chi connectivity index (χ0) is 13.5. The fourth-order valence-corrected chi connectivity index (χ4v) is 1.70. The molecule has 7 nitrogen and oxygen atoms in total. The van der Waals surface area contributed by atoms with Crippen molar-refractivity contribution in [3.8, 4) is 0 Å². The molecule has 8 heteroatoms. The summed E-state index contributed by atoms with van der Waals surface area (Å²) in [6.07, 6.45) is 0. The maximum atomic E-state index is 11.4. The van der Waals surface area contributed by atoms with Gasteiger partial charge in [-0.3, -0.25) is 4.79 Å². The summed E-state index contributed by atoms with van der Waals surface area (Å²) in [5.74, 6) is -0.582. The van der Waals surface area contributed by atoms with E-state index < -0.39 is 21.5 Å². The average Bonchev–Trinajstić information content (AvgIpc) is 2.15. The van der Waals surface area contributed by atoms with Crippen LogP contribution < -0.4 is 9.44 Å². The van der Waals surface area contributed by atoms with Crippen LogP contribution in [0.5, 0.6) is 0 Å². The number of nitrogens with one attached hydrogen (secondary N) is 2. The minimum atomic E-state index is -3.84. The Morgan fingerprint density at radius 2 is 1.88 bits per heavy atom. The van der Waals surface area contributed by atoms with Crippen molar-refractivity contribution >= 4 is 16.1 Å². The second-order valence-electron chi connectivity index (χ2n) is 4.41. The minimum Gasteiger partial charge on any atom is -0.394 e. The highest BCUT2D eigenvalue weighted by Gasteiger charge is 2.25. The molecule has 17 heavy (non-hydrogen) atoms. The van der Waals surface area contributed by atoms with Gasteiger partial charge in [-0.25, -0.2) is 4.72 Å². The molecule has 0 aliphatic carbocycles. The number of ether oxygens (including phenoxy) is 1. The van der Waals surface area contributed by atoms with Gasteiger partial charge in [0.1, 0.15) is 0 Å². The van der Waals surface area contributed by atoms with E-state index in [0.717, 1.165) is 0 Å². The lowest BCUT2D eigenvalue weighted by Crippen LogP contribution is -2.45. The molecule has 1 amide bonds. The van der Waals surface area contributed by atoms with Crippen molar-refractivity contribution in [2.75, 3.05) is 26.4 Å². The van der Waals surface area contributed by atoms with Crippen LogP contribution in [0.1, 0.15) is 20.8 Å². The first-order chi connectivity index (χ1) is 7.69. The first-order valence-corrected chi connectivity index (χ1v) is 6.68. The molecule has 0 aromatic heterocycles. The van der Waals surface area contributed by atoms with Gasteiger partial charge in [0, 0.05) is 12.0 Å². The van der Waals surface area contributed by atoms with Crippen LogP contribution in [0.25, 0.3) is 0 Å². The van der Waals surface area contributed by atoms with Gasteiger partial charge in [0.25, 0.3) is 0 Å². The van der Waals surface area contributed by atoms with Gasteiger partial charge in [0.2, 0.25) is 5.91 Å². The van der Waals surface area contributed by atoms with E-state index in [2.05, 4.69) is 4.72 Å². The summed E-state index contributed by atoms with van der Waals surface area (Å²) in [4.78, 5) is 11.4. The van der Waals surface area contributed by atoms with Crippen LogP contribution in [0, 0.1) is 5.41 Å². The number of carbonyl (C=O) groups excluding carboxylic acids is 1. The van der Waals surface area contributed by atoms with Crippen molar-refractivity contribution in [2.45, 2.75) is 20.8 Å². The lowest BCUT2D eigenvalue weighted by molar-refractivity contribution is -0.126. The number of aliphatic hydroxyl groups excluding tert-OH is 1. The van der Waals surface area contributed by atoms with Crippen LogP contribution in [-0.2, 0) is 19.7 Å². The van der Waals surface area contributed by atoms with Crippen molar-refractivity contribution in [1.82, 2.24) is 9.44 Å². The molecule has 0 radical (unpaired) electrons. The Hall–Kier alpha value is -0.700. The summed E-state index contributed by atoms with van der Waals surface area (Å²) < 4.78 is 31.7. The molecule has 0 aromatic carbocycles. The van der Waals surface area contributed by atoms with E-state index in [1.807, 2.05) is 4.72 Å². The molecule has 0 fully saturated rings. The third-order valence-corrected chi connectivity index (χ3v) is 2.72. The lowest BCUT2D eigenvalue weighted by atomic mass is 9.96. The summed E-state index contributed by atoms with van der Waals surface area (Å²) in [5, 5.41) is 8.41. The van der Waals surface area contributed by atoms with Crippen molar-refractivity contribution < 1.29 is 23.1 Å². The van der Waals surface area contributed by atoms with E-state index in [-0.39, 0.29) is 26.4 Å². The number of hydrogen-bond donors (Lipinski definition) is 3. The Morgan fingerprint density at radius 1 is 1.29 bits per heavy atom. The van der Waals surface area contributed by atoms with Crippen LogP contribution in [0.3, 0.4) is 0 Å². The zero-order valence-electron chi connectivity index (χ0n) is 10.3. The number of rotatable bonds is 7. The van der Waals surface area contributed by atoms with E-state index in [1.165, 1.54) is 0 Å². The van der Waals surface area contributed by atoms with Gasteiger partial charge in [-0.2, -0.15) is 13.1 Å². The highest BCUT2D eigenvalue weighted by Crippen LogP contribution is 2.12. The standard InChI is InChI=1S/C9H20N2O5S/c1-9(2,3)8(13)11-17(14,15)10-4-6-16-7-5-12/h10,12H,4-7H2,1-3H3,(H,11,13). The smallest absolute Gasteiger partial charge is 0.301 e. The van der Waals surface area contributed by atoms with Crippen LogP contribution in [0.2, 0.25) is 0 Å². The second-order valence-corrected chi connectivity index (χ2v) is 5.91. The molecule has 0 aliphatic rings. The molecule has 0 spiro atoms. The molecule has 0 saturated carbocycles. The Morgan fingerprint density at radius 3 is 2.35 bits per heavy atom. The molecule has 0 aromatic rings. The lowest BCUT2D eigenvalue weighted by Gasteiger charge is -2.17. The molecule has 0 unspecified atom stereocenters. The van der Waals surface area contributed by atoms with Crippen molar-refractivity contribution in [3.63, 3.8) is 0 Å². The monoisotopic (exact) mass is 268 g/mol. The van der Waals surface area contributed by atoms with Gasteiger partial charge in [-0.15, -0.1) is 0 Å². The predicted molar refractivity (Wildman–Crippen MR) is 62.4 cm³/mol. The summed E-state index contributed by atoms with van der Waals surface area (Å²) in [6.45, 7) is 5.04. The quantitative estimate of drug-likeness (QED) is 0.513. The average molecular weight is 268 g/mol. The van der Waals surface area contributed by atoms with Crippen LogP contribution >= 0.6 is 0 Å². The molecule has 102 valence electrons. The second kappa shape index (κ2) is 6.90. The molecule has 3 N–H and O–H groups in total. The highest BCUT2D eigenvalue weighted by atomic mass is 32.2. The first-order valence-electron chi connectivity index (χ1n) is 5.19. The van der Waals surface area contributed by atoms with Gasteiger partial charge in [-0.05, 0) is 0 Å². The van der Waals surface area contributed by atoms with Gasteiger partial charge < -0.3 is 9.84 Å². The number of amides is 1. The van der Waals surface area contributed by atoms with Gasteiger partial charge in [0.15, 0.2) is 0 Å². The van der Waals surface area contributed by atoms with Crippen molar-refractivity contribution in [1.29, 1.82) is 0 Å². The van der Waals surface area contributed by atoms with Gasteiger partial charge in [-0.1, -0.05) is 20.8 Å². The molecule has 0 heterocycles. The van der Waals surface area contributed by atoms with E-state index in [1.54, 1.807) is 20.8 Å². The number of aliphatic hydroxyl groups is 1. The van der Waals surface area contributed by atoms with Gasteiger partial charge in [0.05, 0.1) is 19.8 Å². The summed E-state index contributed by atoms with van der Waals surface area (Å²) >= 11 is 0. The molecule has 0 rings (SSSR count). The Balaban J connectivity index is 4.01. The Labute approximate surface area is 102 Å². The third kappa shape index (κ3) is 8.08. The molecular formula is C9H20N2O5S. The molecule has 0 bridgehead atoms. The maximum Gasteiger partial charge on any atom is 0.301 e. The largest absolute Gasteiger partial charge is 0.394 e. The highest BCUT2D eigenvalue weighted by molar-refractivity contribution is 7.88. The summed E-state index contributed by atoms with van der Waals surface area (Å²) in [7, 11) is -3.84. The van der Waals surface area contributed by atoms with Crippen molar-refractivity contribution in [2.24, 2.45) is 5.41 Å². The summed E-state index contributed by atoms with van der Waals surface area (Å²) in [5.41, 5.74) is -0.776. The number of carbonyl (C=O) groups is 1. The topological polar surface area (TPSA) is 105 Å². The maximum absolute atomic E-state index is 11.4. The van der Waals surface area contributed by atoms with E-state index in [0.29, 0.717) is 0 Å². The molecule has 0 atom stereocenters. The normalized spacial score (nSPS) is 12.5. The minimum absolute atomic E-state index is 0.0345. The van der Waals surface area contributed by atoms with Crippen LogP contribution in [0.15, 0.2) is 0 Å². The molecule has 0 aliphatic heterocycles. The Bertz CT molecular complexity index is 334. The summed E-state index contributed by atoms with van der Waals surface area (Å²) in [6, 6.07) is 0. The first kappa shape index (κ1) is 16.3. The van der Waals surface area contributed by atoms with Crippen molar-refractivity contribution in [3.05, 3.63) is 0 Å². The van der Waals surface area contributed by atoms with Crippen LogP contribution in [-0.4, -0.2) is 45.8 Å². The van der Waals surface area contributed by atoms with Gasteiger partial charge >= 0.3 is 10.2 Å². The fourth-order valence-electron chi connectivity index (χ4n) is 0.726. The predicted octanol–water partition coefficient (Wildman–Crippen LogP) is -1.01. The van der Waals surface area contributed by atoms with E-state index in [9.17, 15) is 13.2 Å². The molecular weight excluding hydrogens is 248 g/mol. The third-order valence-electron chi connectivity index (χ3n) is 1.68. The molecule has 0 saturated heterocycles. The number of hydrogen-bond acceptors (Lipinski definition) is 5.